The van der Waals surface area contributed by atoms with E-state index >= 15 is 0 Å². The molecule has 1 saturated carbocycles. The minimum atomic E-state index is -0.0313. The highest BCUT2D eigenvalue weighted by Crippen LogP contribution is 2.24. The molecule has 1 fully saturated rings. The largest absolute Gasteiger partial charge is 0.336 e. The van der Waals surface area contributed by atoms with Crippen molar-refractivity contribution in [3.05, 3.63) is 22.4 Å². The maximum Gasteiger partial charge on any atom is 0.315 e. The van der Waals surface area contributed by atoms with Gasteiger partial charge in [0.1, 0.15) is 0 Å². The van der Waals surface area contributed by atoms with Gasteiger partial charge in [-0.25, -0.2) is 4.79 Å². The minimum Gasteiger partial charge on any atom is -0.336 e. The van der Waals surface area contributed by atoms with E-state index in [0.29, 0.717) is 12.6 Å². The number of amides is 2. The Bertz CT molecular complexity index is 385. The van der Waals surface area contributed by atoms with Crippen LogP contribution in [0.25, 0.3) is 0 Å². The summed E-state index contributed by atoms with van der Waals surface area (Å²) in [7, 11) is 0. The van der Waals surface area contributed by atoms with Gasteiger partial charge in [0.25, 0.3) is 0 Å². The van der Waals surface area contributed by atoms with Crippen LogP contribution in [0.2, 0.25) is 0 Å². The maximum absolute atomic E-state index is 11.7. The molecule has 1 aliphatic carbocycles. The molecule has 2 rings (SSSR count). The smallest absolute Gasteiger partial charge is 0.315 e. The monoisotopic (exact) mass is 281 g/mol. The number of carbonyl (C=O) groups excluding carboxylic acids is 1. The molecule has 1 unspecified atom stereocenters. The normalized spacial score (nSPS) is 16.4. The van der Waals surface area contributed by atoms with E-state index in [1.54, 1.807) is 11.3 Å². The van der Waals surface area contributed by atoms with Crippen LogP contribution < -0.4 is 10.6 Å². The molecule has 4 nitrogen and oxygen atoms in total. The molecule has 5 heteroatoms. The van der Waals surface area contributed by atoms with E-state index in [9.17, 15) is 4.79 Å². The summed E-state index contributed by atoms with van der Waals surface area (Å²) in [6.07, 6.45) is 2.25. The molecule has 106 valence electrons. The van der Waals surface area contributed by atoms with Gasteiger partial charge in [-0.2, -0.15) is 0 Å². The number of nitrogens with one attached hydrogen (secondary N) is 2. The second-order valence-corrected chi connectivity index (χ2v) is 5.86. The molecule has 0 spiro atoms. The Morgan fingerprint density at radius 1 is 1.47 bits per heavy atom. The van der Waals surface area contributed by atoms with Crippen molar-refractivity contribution >= 4 is 17.4 Å². The van der Waals surface area contributed by atoms with Crippen LogP contribution in [0, 0.1) is 0 Å². The molecule has 1 atom stereocenters. The van der Waals surface area contributed by atoms with E-state index in [4.69, 9.17) is 0 Å². The van der Waals surface area contributed by atoms with E-state index in [1.165, 1.54) is 4.88 Å². The average Bonchev–Trinajstić information content (AvgIpc) is 3.06. The molecule has 0 saturated heterocycles. The van der Waals surface area contributed by atoms with Gasteiger partial charge < -0.3 is 10.6 Å². The Labute approximate surface area is 119 Å². The fraction of sp³-hybridized carbons (Fsp3) is 0.643. The third kappa shape index (κ3) is 4.21. The molecular formula is C14H23N3OS. The zero-order chi connectivity index (χ0) is 13.7. The SMILES string of the molecule is CCN(CC)C(CNC(=O)NC1CC1)c1cccs1. The molecule has 2 amide bonds. The summed E-state index contributed by atoms with van der Waals surface area (Å²) in [4.78, 5) is 15.4. The van der Waals surface area contributed by atoms with Crippen LogP contribution in [0.4, 0.5) is 4.79 Å². The average molecular weight is 281 g/mol. The molecular weight excluding hydrogens is 258 g/mol. The molecule has 1 aromatic heterocycles. The van der Waals surface area contributed by atoms with Crippen LogP contribution in [0.15, 0.2) is 17.5 Å². The van der Waals surface area contributed by atoms with Crippen LogP contribution >= 0.6 is 11.3 Å². The Balaban J connectivity index is 1.91. The quantitative estimate of drug-likeness (QED) is 0.807. The predicted octanol–water partition coefficient (Wildman–Crippen LogP) is 2.59. The van der Waals surface area contributed by atoms with Gasteiger partial charge in [0.05, 0.1) is 6.04 Å². The van der Waals surface area contributed by atoms with Crippen molar-refractivity contribution in [3.8, 4) is 0 Å². The topological polar surface area (TPSA) is 44.4 Å². The van der Waals surface area contributed by atoms with Crippen molar-refractivity contribution in [1.29, 1.82) is 0 Å². The zero-order valence-electron chi connectivity index (χ0n) is 11.7. The first-order chi connectivity index (χ1) is 9.24. The van der Waals surface area contributed by atoms with Crippen LogP contribution in [0.1, 0.15) is 37.6 Å². The number of carbonyl (C=O) groups is 1. The van der Waals surface area contributed by atoms with Gasteiger partial charge in [0.15, 0.2) is 0 Å². The molecule has 2 N–H and O–H groups in total. The molecule has 1 heterocycles. The minimum absolute atomic E-state index is 0.0313. The summed E-state index contributed by atoms with van der Waals surface area (Å²) >= 11 is 1.75. The van der Waals surface area contributed by atoms with E-state index < -0.39 is 0 Å². The molecule has 1 aliphatic rings. The number of nitrogens with zero attached hydrogens (tertiary/aromatic N) is 1. The number of rotatable bonds is 7. The maximum atomic E-state index is 11.7. The first-order valence-corrected chi connectivity index (χ1v) is 7.94. The lowest BCUT2D eigenvalue weighted by atomic mass is 10.2. The van der Waals surface area contributed by atoms with Gasteiger partial charge >= 0.3 is 6.03 Å². The standard InChI is InChI=1S/C14H23N3OS/c1-3-17(4-2)12(13-6-5-9-19-13)10-15-14(18)16-11-7-8-11/h5-6,9,11-12H,3-4,7-8,10H2,1-2H3,(H2,15,16,18). The third-order valence-corrected chi connectivity index (χ3v) is 4.47. The third-order valence-electron chi connectivity index (χ3n) is 3.49. The Hall–Kier alpha value is -1.07. The summed E-state index contributed by atoms with van der Waals surface area (Å²) in [5, 5.41) is 8.06. The summed E-state index contributed by atoms with van der Waals surface area (Å²) in [6.45, 7) is 6.97. The van der Waals surface area contributed by atoms with Gasteiger partial charge in [-0.05, 0) is 37.4 Å². The summed E-state index contributed by atoms with van der Waals surface area (Å²) in [5.74, 6) is 0. The van der Waals surface area contributed by atoms with Crippen molar-refractivity contribution in [2.45, 2.75) is 38.8 Å². The Morgan fingerprint density at radius 3 is 2.74 bits per heavy atom. The fourth-order valence-electron chi connectivity index (χ4n) is 2.21. The van der Waals surface area contributed by atoms with Gasteiger partial charge in [-0.3, -0.25) is 4.90 Å². The van der Waals surface area contributed by atoms with Crippen LogP contribution in [-0.2, 0) is 0 Å². The lowest BCUT2D eigenvalue weighted by Gasteiger charge is -2.29. The van der Waals surface area contributed by atoms with Crippen LogP contribution in [0.3, 0.4) is 0 Å². The molecule has 0 aliphatic heterocycles. The highest BCUT2D eigenvalue weighted by Gasteiger charge is 2.24. The second kappa shape index (κ2) is 6.91. The van der Waals surface area contributed by atoms with Crippen molar-refractivity contribution in [1.82, 2.24) is 15.5 Å². The summed E-state index contributed by atoms with van der Waals surface area (Å²) in [5.41, 5.74) is 0. The fourth-order valence-corrected chi connectivity index (χ4v) is 3.07. The van der Waals surface area contributed by atoms with E-state index in [1.807, 2.05) is 0 Å². The number of hydrogen-bond acceptors (Lipinski definition) is 3. The highest BCUT2D eigenvalue weighted by atomic mass is 32.1. The van der Waals surface area contributed by atoms with E-state index in [-0.39, 0.29) is 12.1 Å². The number of hydrogen-bond donors (Lipinski definition) is 2. The number of urea groups is 1. The van der Waals surface area contributed by atoms with Crippen molar-refractivity contribution in [2.75, 3.05) is 19.6 Å². The molecule has 0 bridgehead atoms. The second-order valence-electron chi connectivity index (χ2n) is 4.88. The molecule has 0 radical (unpaired) electrons. The molecule has 1 aromatic rings. The highest BCUT2D eigenvalue weighted by molar-refractivity contribution is 7.10. The van der Waals surface area contributed by atoms with Gasteiger partial charge in [-0.1, -0.05) is 19.9 Å². The van der Waals surface area contributed by atoms with Crippen molar-refractivity contribution in [2.24, 2.45) is 0 Å². The lowest BCUT2D eigenvalue weighted by Crippen LogP contribution is -2.42. The Morgan fingerprint density at radius 2 is 2.21 bits per heavy atom. The first kappa shape index (κ1) is 14.3. The molecule has 0 aromatic carbocycles. The number of likely N-dealkylation sites (N-methyl/N-ethyl adjacent to an activating group) is 1. The molecule has 19 heavy (non-hydrogen) atoms. The lowest BCUT2D eigenvalue weighted by molar-refractivity contribution is 0.208. The van der Waals surface area contributed by atoms with Gasteiger partial charge in [-0.15, -0.1) is 11.3 Å². The predicted molar refractivity (Wildman–Crippen MR) is 79.5 cm³/mol. The summed E-state index contributed by atoms with van der Waals surface area (Å²) < 4.78 is 0. The van der Waals surface area contributed by atoms with E-state index in [2.05, 4.69) is 46.9 Å². The summed E-state index contributed by atoms with van der Waals surface area (Å²) in [6, 6.07) is 4.87. The van der Waals surface area contributed by atoms with Gasteiger partial charge in [0.2, 0.25) is 0 Å². The van der Waals surface area contributed by atoms with Crippen molar-refractivity contribution < 1.29 is 4.79 Å². The van der Waals surface area contributed by atoms with E-state index in [0.717, 1.165) is 25.9 Å². The van der Waals surface area contributed by atoms with Crippen LogP contribution in [0.5, 0.6) is 0 Å². The number of thiophene rings is 1. The first-order valence-electron chi connectivity index (χ1n) is 7.06. The van der Waals surface area contributed by atoms with Crippen molar-refractivity contribution in [3.63, 3.8) is 0 Å². The van der Waals surface area contributed by atoms with Crippen LogP contribution in [-0.4, -0.2) is 36.6 Å². The Kier molecular flexibility index (Phi) is 5.22. The van der Waals surface area contributed by atoms with Gasteiger partial charge in [0, 0.05) is 17.5 Å². The zero-order valence-corrected chi connectivity index (χ0v) is 12.5.